The summed E-state index contributed by atoms with van der Waals surface area (Å²) in [6.45, 7) is 2.43. The predicted octanol–water partition coefficient (Wildman–Crippen LogP) is 1.65. The highest BCUT2D eigenvalue weighted by Gasteiger charge is 2.33. The molecule has 0 amide bonds. The Balaban J connectivity index is 1.68. The molecule has 3 aromatic rings. The van der Waals surface area contributed by atoms with Crippen LogP contribution in [-0.2, 0) is 19.0 Å². The van der Waals surface area contributed by atoms with E-state index < -0.39 is 28.9 Å². The standard InChI is InChI=1S/C17H18F2N6O4S/c1-10-17(29-30(2,26)27)28-6-5-24(10)15-7-12(21-9-22-15)13-8-20-14-4-3-11(16(18)19)23-25(13)14/h3-4,7-10,16-17H,5-6H2,1-2H3. The molecule has 0 radical (unpaired) electrons. The molecule has 1 aliphatic heterocycles. The van der Waals surface area contributed by atoms with Gasteiger partial charge in [0.25, 0.3) is 16.5 Å². The smallest absolute Gasteiger partial charge is 0.282 e. The van der Waals surface area contributed by atoms with Gasteiger partial charge in [-0.15, -0.1) is 0 Å². The lowest BCUT2D eigenvalue weighted by Crippen LogP contribution is -2.51. The van der Waals surface area contributed by atoms with E-state index in [0.717, 1.165) is 6.26 Å². The molecule has 30 heavy (non-hydrogen) atoms. The monoisotopic (exact) mass is 440 g/mol. The zero-order valence-corrected chi connectivity index (χ0v) is 16.8. The van der Waals surface area contributed by atoms with E-state index in [4.69, 9.17) is 8.92 Å². The van der Waals surface area contributed by atoms with Crippen molar-refractivity contribution in [2.24, 2.45) is 0 Å². The summed E-state index contributed by atoms with van der Waals surface area (Å²) in [5.74, 6) is 0.498. The number of aromatic nitrogens is 5. The van der Waals surface area contributed by atoms with Crippen molar-refractivity contribution in [3.63, 3.8) is 0 Å². The van der Waals surface area contributed by atoms with Crippen LogP contribution < -0.4 is 4.90 Å². The van der Waals surface area contributed by atoms with Crippen LogP contribution in [0.1, 0.15) is 19.0 Å². The summed E-state index contributed by atoms with van der Waals surface area (Å²) >= 11 is 0. The van der Waals surface area contributed by atoms with Gasteiger partial charge in [0.15, 0.2) is 11.9 Å². The molecule has 0 saturated carbocycles. The van der Waals surface area contributed by atoms with Crippen LogP contribution in [0.15, 0.2) is 30.7 Å². The fourth-order valence-corrected chi connectivity index (χ4v) is 3.74. The predicted molar refractivity (Wildman–Crippen MR) is 101 cm³/mol. The molecule has 1 saturated heterocycles. The van der Waals surface area contributed by atoms with E-state index in [1.807, 2.05) is 4.90 Å². The lowest BCUT2D eigenvalue weighted by atomic mass is 10.2. The molecule has 1 aliphatic rings. The minimum Gasteiger partial charge on any atom is -0.348 e. The van der Waals surface area contributed by atoms with Gasteiger partial charge < -0.3 is 9.64 Å². The van der Waals surface area contributed by atoms with Gasteiger partial charge in [-0.1, -0.05) is 0 Å². The van der Waals surface area contributed by atoms with E-state index in [0.29, 0.717) is 29.4 Å². The molecule has 10 nitrogen and oxygen atoms in total. The number of anilines is 1. The summed E-state index contributed by atoms with van der Waals surface area (Å²) < 4.78 is 60.8. The SMILES string of the molecule is CC1C(OS(C)(=O)=O)OCCN1c1cc(-c2cnc3ccc(C(F)F)nn23)ncn1. The highest BCUT2D eigenvalue weighted by atomic mass is 32.2. The Morgan fingerprint density at radius 3 is 2.80 bits per heavy atom. The minimum atomic E-state index is -3.71. The van der Waals surface area contributed by atoms with Gasteiger partial charge in [0, 0.05) is 12.6 Å². The molecule has 160 valence electrons. The normalized spacial score (nSPS) is 20.2. The van der Waals surface area contributed by atoms with Crippen LogP contribution in [0.4, 0.5) is 14.6 Å². The van der Waals surface area contributed by atoms with Gasteiger partial charge in [0.1, 0.15) is 23.5 Å². The summed E-state index contributed by atoms with van der Waals surface area (Å²) in [6.07, 6.45) is 0.0678. The van der Waals surface area contributed by atoms with Gasteiger partial charge in [0.05, 0.1) is 30.8 Å². The number of hydrogen-bond donors (Lipinski definition) is 0. The van der Waals surface area contributed by atoms with Crippen molar-refractivity contribution in [3.8, 4) is 11.4 Å². The zero-order valence-electron chi connectivity index (χ0n) is 16.0. The third kappa shape index (κ3) is 4.08. The quantitative estimate of drug-likeness (QED) is 0.547. The first-order valence-corrected chi connectivity index (χ1v) is 10.8. The first-order chi connectivity index (χ1) is 14.2. The van der Waals surface area contributed by atoms with Crippen molar-refractivity contribution in [1.82, 2.24) is 24.6 Å². The van der Waals surface area contributed by atoms with Gasteiger partial charge >= 0.3 is 0 Å². The maximum absolute atomic E-state index is 13.0. The van der Waals surface area contributed by atoms with E-state index in [2.05, 4.69) is 20.1 Å². The van der Waals surface area contributed by atoms with Gasteiger partial charge in [0.2, 0.25) is 0 Å². The topological polar surface area (TPSA) is 112 Å². The lowest BCUT2D eigenvalue weighted by Gasteiger charge is -2.38. The molecule has 3 aromatic heterocycles. The Labute approximate surface area is 170 Å². The first kappa shape index (κ1) is 20.5. The maximum atomic E-state index is 13.0. The molecule has 2 unspecified atom stereocenters. The molecule has 13 heteroatoms. The molecule has 1 fully saturated rings. The molecule has 0 aromatic carbocycles. The van der Waals surface area contributed by atoms with E-state index in [-0.39, 0.29) is 12.3 Å². The van der Waals surface area contributed by atoms with E-state index >= 15 is 0 Å². The fraction of sp³-hybridized carbons (Fsp3) is 0.412. The van der Waals surface area contributed by atoms with Crippen molar-refractivity contribution in [2.75, 3.05) is 24.3 Å². The Morgan fingerprint density at radius 2 is 2.07 bits per heavy atom. The Bertz CT molecular complexity index is 1170. The Hall–Kier alpha value is -2.77. The molecule has 2 atom stereocenters. The molecular weight excluding hydrogens is 422 g/mol. The molecular formula is C17H18F2N6O4S. The van der Waals surface area contributed by atoms with Crippen molar-refractivity contribution in [1.29, 1.82) is 0 Å². The summed E-state index contributed by atoms with van der Waals surface area (Å²) in [4.78, 5) is 14.5. The summed E-state index contributed by atoms with van der Waals surface area (Å²) in [5, 5.41) is 3.94. The molecule has 0 spiro atoms. The van der Waals surface area contributed by atoms with E-state index in [9.17, 15) is 17.2 Å². The summed E-state index contributed by atoms with van der Waals surface area (Å²) in [5.41, 5.74) is 0.862. The zero-order chi connectivity index (χ0) is 21.5. The largest absolute Gasteiger partial charge is 0.348 e. The van der Waals surface area contributed by atoms with Crippen molar-refractivity contribution in [2.45, 2.75) is 25.7 Å². The van der Waals surface area contributed by atoms with Crippen LogP contribution in [0.2, 0.25) is 0 Å². The molecule has 0 bridgehead atoms. The maximum Gasteiger partial charge on any atom is 0.282 e. The second-order valence-corrected chi connectivity index (χ2v) is 8.31. The number of fused-ring (bicyclic) bond motifs is 1. The highest BCUT2D eigenvalue weighted by molar-refractivity contribution is 7.86. The van der Waals surface area contributed by atoms with Crippen molar-refractivity contribution in [3.05, 3.63) is 36.4 Å². The van der Waals surface area contributed by atoms with Crippen LogP contribution in [0.25, 0.3) is 17.0 Å². The number of nitrogens with zero attached hydrogens (tertiary/aromatic N) is 6. The number of halogens is 2. The van der Waals surface area contributed by atoms with Crippen LogP contribution in [0, 0.1) is 0 Å². The first-order valence-electron chi connectivity index (χ1n) is 8.95. The molecule has 0 N–H and O–H groups in total. The molecule has 0 aliphatic carbocycles. The minimum absolute atomic E-state index is 0.235. The average Bonchev–Trinajstić information content (AvgIpc) is 3.12. The number of hydrogen-bond acceptors (Lipinski definition) is 9. The number of rotatable bonds is 5. The van der Waals surface area contributed by atoms with Crippen LogP contribution in [-0.4, -0.2) is 64.7 Å². The number of alkyl halides is 2. The number of imidazole rings is 1. The highest BCUT2D eigenvalue weighted by Crippen LogP contribution is 2.26. The molecule has 4 rings (SSSR count). The van der Waals surface area contributed by atoms with Gasteiger partial charge in [-0.05, 0) is 19.1 Å². The number of ether oxygens (including phenoxy) is 1. The third-order valence-electron chi connectivity index (χ3n) is 4.59. The Kier molecular flexibility index (Phi) is 5.34. The van der Waals surface area contributed by atoms with Gasteiger partial charge in [-0.2, -0.15) is 13.5 Å². The lowest BCUT2D eigenvalue weighted by molar-refractivity contribution is -0.104. The average molecular weight is 440 g/mol. The van der Waals surface area contributed by atoms with E-state index in [1.165, 1.54) is 29.2 Å². The van der Waals surface area contributed by atoms with Crippen LogP contribution in [0.3, 0.4) is 0 Å². The van der Waals surface area contributed by atoms with Gasteiger partial charge in [-0.25, -0.2) is 32.4 Å². The second-order valence-electron chi connectivity index (χ2n) is 6.71. The fourth-order valence-electron chi connectivity index (χ4n) is 3.18. The third-order valence-corrected chi connectivity index (χ3v) is 5.12. The summed E-state index contributed by atoms with van der Waals surface area (Å²) in [7, 11) is -3.71. The van der Waals surface area contributed by atoms with E-state index in [1.54, 1.807) is 13.0 Å². The van der Waals surface area contributed by atoms with Gasteiger partial charge in [-0.3, -0.25) is 0 Å². The van der Waals surface area contributed by atoms with Crippen LogP contribution >= 0.6 is 0 Å². The van der Waals surface area contributed by atoms with Crippen molar-refractivity contribution >= 4 is 21.6 Å². The molecule has 4 heterocycles. The van der Waals surface area contributed by atoms with Crippen LogP contribution in [0.5, 0.6) is 0 Å². The Morgan fingerprint density at radius 1 is 1.27 bits per heavy atom. The summed E-state index contributed by atoms with van der Waals surface area (Å²) in [6, 6.07) is 3.87. The second kappa shape index (κ2) is 7.81. The van der Waals surface area contributed by atoms with Crippen molar-refractivity contribution < 1.29 is 26.1 Å². The number of morpholine rings is 1.